The quantitative estimate of drug-likeness (QED) is 0.823. The van der Waals surface area contributed by atoms with Crippen molar-refractivity contribution in [2.24, 2.45) is 0 Å². The van der Waals surface area contributed by atoms with Crippen LogP contribution in [0.15, 0.2) is 22.7 Å². The van der Waals surface area contributed by atoms with Crippen LogP contribution in [0.3, 0.4) is 0 Å². The number of aromatic carboxylic acids is 1. The molecule has 21 heavy (non-hydrogen) atoms. The number of halogens is 1. The Balaban J connectivity index is 1.82. The number of carboxylic acid groups (broad SMARTS) is 1. The van der Waals surface area contributed by atoms with Crippen LogP contribution in [-0.4, -0.2) is 41.7 Å². The molecule has 0 aromatic heterocycles. The fourth-order valence-electron chi connectivity index (χ4n) is 2.75. The second-order valence-corrected chi connectivity index (χ2v) is 6.46. The molecule has 1 aliphatic rings. The number of hydrogen-bond donors (Lipinski definition) is 2. The predicted octanol–water partition coefficient (Wildman–Crippen LogP) is 3.11. The molecule has 2 N–H and O–H groups in total. The summed E-state index contributed by atoms with van der Waals surface area (Å²) in [7, 11) is 0. The van der Waals surface area contributed by atoms with E-state index < -0.39 is 5.97 Å². The van der Waals surface area contributed by atoms with Gasteiger partial charge in [0.15, 0.2) is 0 Å². The third-order valence-corrected chi connectivity index (χ3v) is 4.75. The first kappa shape index (κ1) is 16.5. The van der Waals surface area contributed by atoms with Gasteiger partial charge in [0.05, 0.1) is 5.56 Å². The topological polar surface area (TPSA) is 52.6 Å². The van der Waals surface area contributed by atoms with Gasteiger partial charge in [-0.15, -0.1) is 0 Å². The lowest BCUT2D eigenvalue weighted by Crippen LogP contribution is -2.42. The summed E-state index contributed by atoms with van der Waals surface area (Å²) in [6.07, 6.45) is 3.59. The normalized spacial score (nSPS) is 17.0. The van der Waals surface area contributed by atoms with E-state index in [0.29, 0.717) is 11.6 Å². The van der Waals surface area contributed by atoms with Gasteiger partial charge >= 0.3 is 5.97 Å². The van der Waals surface area contributed by atoms with Crippen molar-refractivity contribution in [3.63, 3.8) is 0 Å². The molecule has 4 nitrogen and oxygen atoms in total. The molecule has 0 aliphatic carbocycles. The second-order valence-electron chi connectivity index (χ2n) is 5.61. The van der Waals surface area contributed by atoms with Crippen molar-refractivity contribution in [3.05, 3.63) is 33.8 Å². The van der Waals surface area contributed by atoms with E-state index in [-0.39, 0.29) is 0 Å². The summed E-state index contributed by atoms with van der Waals surface area (Å²) >= 11 is 3.46. The van der Waals surface area contributed by atoms with Crippen molar-refractivity contribution < 1.29 is 9.90 Å². The molecule has 1 aromatic carbocycles. The molecule has 2 rings (SSSR count). The summed E-state index contributed by atoms with van der Waals surface area (Å²) in [4.78, 5) is 13.4. The summed E-state index contributed by atoms with van der Waals surface area (Å²) in [6, 6.07) is 5.77. The lowest BCUT2D eigenvalue weighted by atomic mass is 10.0. The van der Waals surface area contributed by atoms with E-state index in [0.717, 1.165) is 16.6 Å². The van der Waals surface area contributed by atoms with Crippen molar-refractivity contribution in [1.82, 2.24) is 10.2 Å². The van der Waals surface area contributed by atoms with Crippen LogP contribution in [0, 0.1) is 0 Å². The molecule has 1 saturated heterocycles. The Hall–Kier alpha value is -0.910. The van der Waals surface area contributed by atoms with Crippen LogP contribution in [0.4, 0.5) is 0 Å². The summed E-state index contributed by atoms with van der Waals surface area (Å²) in [5.41, 5.74) is 1.43. The molecule has 0 amide bonds. The van der Waals surface area contributed by atoms with Gasteiger partial charge in [0.2, 0.25) is 0 Å². The van der Waals surface area contributed by atoms with Crippen LogP contribution in [0.5, 0.6) is 0 Å². The highest BCUT2D eigenvalue weighted by atomic mass is 79.9. The lowest BCUT2D eigenvalue weighted by molar-refractivity contribution is 0.0697. The zero-order valence-corrected chi connectivity index (χ0v) is 14.0. The van der Waals surface area contributed by atoms with Gasteiger partial charge in [-0.2, -0.15) is 0 Å². The van der Waals surface area contributed by atoms with Crippen molar-refractivity contribution in [2.45, 2.75) is 38.8 Å². The maximum atomic E-state index is 10.9. The number of carboxylic acids is 1. The second kappa shape index (κ2) is 7.92. The Morgan fingerprint density at radius 2 is 2.14 bits per heavy atom. The van der Waals surface area contributed by atoms with E-state index >= 15 is 0 Å². The molecule has 1 fully saturated rings. The van der Waals surface area contributed by atoms with Gasteiger partial charge in [0.25, 0.3) is 0 Å². The van der Waals surface area contributed by atoms with Crippen molar-refractivity contribution in [1.29, 1.82) is 0 Å². The smallest absolute Gasteiger partial charge is 0.335 e. The van der Waals surface area contributed by atoms with E-state index in [1.165, 1.54) is 38.9 Å². The fourth-order valence-corrected chi connectivity index (χ4v) is 3.27. The molecule has 0 bridgehead atoms. The summed E-state index contributed by atoms with van der Waals surface area (Å²) < 4.78 is 0.860. The Labute approximate surface area is 134 Å². The Morgan fingerprint density at radius 1 is 1.43 bits per heavy atom. The van der Waals surface area contributed by atoms with Crippen molar-refractivity contribution in [2.75, 3.05) is 19.6 Å². The van der Waals surface area contributed by atoms with Crippen LogP contribution < -0.4 is 5.32 Å². The van der Waals surface area contributed by atoms with Gasteiger partial charge in [0, 0.05) is 17.1 Å². The monoisotopic (exact) mass is 354 g/mol. The highest BCUT2D eigenvalue weighted by Gasteiger charge is 2.18. The molecule has 0 spiro atoms. The van der Waals surface area contributed by atoms with E-state index in [2.05, 4.69) is 33.1 Å². The van der Waals surface area contributed by atoms with Crippen LogP contribution in [0.2, 0.25) is 0 Å². The van der Waals surface area contributed by atoms with Gasteiger partial charge < -0.3 is 15.3 Å². The zero-order chi connectivity index (χ0) is 15.2. The van der Waals surface area contributed by atoms with Gasteiger partial charge in [-0.1, -0.05) is 28.9 Å². The Morgan fingerprint density at radius 3 is 2.71 bits per heavy atom. The molecular weight excluding hydrogens is 332 g/mol. The van der Waals surface area contributed by atoms with Crippen molar-refractivity contribution >= 4 is 21.9 Å². The zero-order valence-electron chi connectivity index (χ0n) is 12.4. The molecular formula is C16H23BrN2O2. The number of likely N-dealkylation sites (tertiary alicyclic amines) is 1. The molecule has 116 valence electrons. The maximum absolute atomic E-state index is 10.9. The summed E-state index contributed by atoms with van der Waals surface area (Å²) in [5.74, 6) is -0.890. The van der Waals surface area contributed by atoms with Crippen LogP contribution in [-0.2, 0) is 6.54 Å². The van der Waals surface area contributed by atoms with Gasteiger partial charge in [-0.05, 0) is 56.6 Å². The average molecular weight is 355 g/mol. The first-order valence-electron chi connectivity index (χ1n) is 7.57. The molecule has 1 aliphatic heterocycles. The molecule has 0 saturated carbocycles. The van der Waals surface area contributed by atoms with E-state index in [9.17, 15) is 4.79 Å². The molecule has 1 aromatic rings. The Kier molecular flexibility index (Phi) is 6.21. The van der Waals surface area contributed by atoms with E-state index in [1.54, 1.807) is 12.1 Å². The number of rotatable bonds is 6. The fraction of sp³-hybridized carbons (Fsp3) is 0.562. The minimum atomic E-state index is -0.890. The summed E-state index contributed by atoms with van der Waals surface area (Å²) in [5, 5.41) is 12.5. The number of nitrogens with zero attached hydrogens (tertiary/aromatic N) is 1. The first-order valence-corrected chi connectivity index (χ1v) is 8.37. The van der Waals surface area contributed by atoms with Gasteiger partial charge in [-0.3, -0.25) is 0 Å². The minimum Gasteiger partial charge on any atom is -0.478 e. The molecule has 0 radical (unpaired) electrons. The number of piperidine rings is 1. The lowest BCUT2D eigenvalue weighted by Gasteiger charge is -2.32. The highest BCUT2D eigenvalue weighted by Crippen LogP contribution is 2.19. The molecule has 0 unspecified atom stereocenters. The number of carbonyl (C=O) groups is 1. The minimum absolute atomic E-state index is 0.318. The first-order chi connectivity index (χ1) is 10.1. The number of nitrogens with one attached hydrogen (secondary N) is 1. The highest BCUT2D eigenvalue weighted by molar-refractivity contribution is 9.10. The number of benzene rings is 1. The predicted molar refractivity (Wildman–Crippen MR) is 87.7 cm³/mol. The largest absolute Gasteiger partial charge is 0.478 e. The Bertz CT molecular complexity index is 485. The van der Waals surface area contributed by atoms with Crippen molar-refractivity contribution in [3.8, 4) is 0 Å². The third kappa shape index (κ3) is 4.80. The third-order valence-electron chi connectivity index (χ3n) is 4.01. The van der Waals surface area contributed by atoms with Crippen LogP contribution in [0.25, 0.3) is 0 Å². The molecule has 5 heteroatoms. The van der Waals surface area contributed by atoms with E-state index in [4.69, 9.17) is 5.11 Å². The number of hydrogen-bond acceptors (Lipinski definition) is 3. The average Bonchev–Trinajstić information content (AvgIpc) is 2.47. The van der Waals surface area contributed by atoms with Gasteiger partial charge in [-0.25, -0.2) is 4.79 Å². The van der Waals surface area contributed by atoms with Gasteiger partial charge in [0.1, 0.15) is 0 Å². The maximum Gasteiger partial charge on any atom is 0.335 e. The van der Waals surface area contributed by atoms with E-state index in [1.807, 2.05) is 6.07 Å². The summed E-state index contributed by atoms with van der Waals surface area (Å²) in [6.45, 7) is 6.55. The SMILES string of the molecule is CCCN1CCC(NCc2ccc(C(=O)O)cc2Br)CC1. The molecule has 0 atom stereocenters. The van der Waals surface area contributed by atoms with Crippen LogP contribution >= 0.6 is 15.9 Å². The molecule has 1 heterocycles. The standard InChI is InChI=1S/C16H23BrN2O2/c1-2-7-19-8-5-14(6-9-19)18-11-13-4-3-12(16(20)21)10-15(13)17/h3-4,10,14,18H,2,5-9,11H2,1H3,(H,20,21). The van der Waals surface area contributed by atoms with Crippen LogP contribution in [0.1, 0.15) is 42.1 Å².